The Morgan fingerprint density at radius 1 is 1.12 bits per heavy atom. The highest BCUT2D eigenvalue weighted by Gasteiger charge is 2.50. The van der Waals surface area contributed by atoms with Gasteiger partial charge in [-0.05, 0) is 57.7 Å². The molecule has 1 aliphatic carbocycles. The van der Waals surface area contributed by atoms with E-state index in [1.165, 1.54) is 17.3 Å². The number of rotatable bonds is 4. The van der Waals surface area contributed by atoms with Crippen LogP contribution in [0.15, 0.2) is 59.0 Å². The molecule has 6 rings (SSSR count). The Morgan fingerprint density at radius 2 is 1.93 bits per heavy atom. The number of hydrogen-bond acceptors (Lipinski definition) is 9. The Bertz CT molecular complexity index is 1580. The third kappa shape index (κ3) is 4.92. The number of nitrogens with one attached hydrogen (secondary N) is 1. The first-order valence-electron chi connectivity index (χ1n) is 13.2. The predicted molar refractivity (Wildman–Crippen MR) is 155 cm³/mol. The molecule has 0 saturated carbocycles. The van der Waals surface area contributed by atoms with Crippen LogP contribution in [0.1, 0.15) is 50.9 Å². The van der Waals surface area contributed by atoms with Crippen molar-refractivity contribution >= 4 is 46.9 Å². The number of nitrogens with two attached hydrogens (primary N) is 1. The highest BCUT2D eigenvalue weighted by molar-refractivity contribution is 7.99. The van der Waals surface area contributed by atoms with E-state index in [0.29, 0.717) is 10.8 Å². The van der Waals surface area contributed by atoms with E-state index < -0.39 is 11.7 Å². The summed E-state index contributed by atoms with van der Waals surface area (Å²) in [7, 11) is 0. The fourth-order valence-electron chi connectivity index (χ4n) is 5.72. The molecule has 5 heterocycles. The monoisotopic (exact) mass is 578 g/mol. The minimum Gasteiger partial charge on any atom is -0.444 e. The molecule has 1 saturated heterocycles. The normalized spacial score (nSPS) is 18.2. The number of halogens is 1. The number of piperidine rings is 1. The Kier molecular flexibility index (Phi) is 6.74. The summed E-state index contributed by atoms with van der Waals surface area (Å²) >= 11 is 7.85. The molecule has 4 aromatic rings. The number of ether oxygens (including phenoxy) is 1. The van der Waals surface area contributed by atoms with Crippen LogP contribution in [0.3, 0.4) is 0 Å². The number of carbonyl (C=O) groups is 1. The summed E-state index contributed by atoms with van der Waals surface area (Å²) in [6, 6.07) is 5.70. The lowest BCUT2D eigenvalue weighted by Gasteiger charge is -2.43. The Balaban J connectivity index is 1.24. The van der Waals surface area contributed by atoms with E-state index in [4.69, 9.17) is 27.1 Å². The van der Waals surface area contributed by atoms with Gasteiger partial charge in [-0.15, -0.1) is 0 Å². The average molecular weight is 579 g/mol. The van der Waals surface area contributed by atoms with Crippen LogP contribution in [0, 0.1) is 5.41 Å². The number of pyridine rings is 2. The molecule has 40 heavy (non-hydrogen) atoms. The second kappa shape index (κ2) is 10.1. The number of anilines is 2. The number of aromatic nitrogens is 5. The van der Waals surface area contributed by atoms with Gasteiger partial charge in [0.15, 0.2) is 5.65 Å². The third-order valence-corrected chi connectivity index (χ3v) is 9.11. The number of fused-ring (bicyclic) bond motifs is 2. The van der Waals surface area contributed by atoms with Crippen LogP contribution < -0.4 is 16.0 Å². The first-order chi connectivity index (χ1) is 19.1. The van der Waals surface area contributed by atoms with E-state index in [9.17, 15) is 4.79 Å². The molecule has 3 N–H and O–H groups in total. The minimum absolute atomic E-state index is 0.147. The molecular formula is C28H31ClN8O2S. The zero-order valence-corrected chi connectivity index (χ0v) is 24.2. The molecule has 1 spiro atoms. The van der Waals surface area contributed by atoms with Crippen molar-refractivity contribution in [2.24, 2.45) is 5.41 Å². The second-order valence-electron chi connectivity index (χ2n) is 11.3. The minimum atomic E-state index is -0.576. The van der Waals surface area contributed by atoms with E-state index in [1.54, 1.807) is 18.6 Å². The number of nitrogens with zero attached hydrogens (tertiary/aromatic N) is 6. The smallest absolute Gasteiger partial charge is 0.408 e. The molecule has 2 aliphatic rings. The first-order valence-corrected chi connectivity index (χ1v) is 14.4. The molecule has 1 amide bonds. The number of nitrogen functional groups attached to an aromatic ring is 1. The van der Waals surface area contributed by atoms with Crippen molar-refractivity contribution in [2.45, 2.75) is 61.5 Å². The molecule has 1 aliphatic heterocycles. The standard InChI is InChI=1S/C28H31ClN8O2S/c1-27(2,3)39-26(38)35-22-21-17(5-4-9-31-21)15-28(22)7-12-36(13-8-28)25-34-16-19(24-33-11-14-37(24)25)40-18-6-10-32-23(30)20(18)29/h4-6,9-11,14,16,22H,7-8,12-13,15H2,1-3H3,(H2,30,32)(H,35,38)/t22-/m1/s1. The van der Waals surface area contributed by atoms with Crippen molar-refractivity contribution < 1.29 is 9.53 Å². The van der Waals surface area contributed by atoms with Gasteiger partial charge in [0.25, 0.3) is 0 Å². The van der Waals surface area contributed by atoms with E-state index >= 15 is 0 Å². The second-order valence-corrected chi connectivity index (χ2v) is 12.8. The maximum Gasteiger partial charge on any atom is 0.408 e. The molecule has 10 nitrogen and oxygen atoms in total. The van der Waals surface area contributed by atoms with Gasteiger partial charge in [-0.25, -0.2) is 19.7 Å². The summed E-state index contributed by atoms with van der Waals surface area (Å²) in [5.74, 6) is 1.12. The van der Waals surface area contributed by atoms with Crippen molar-refractivity contribution in [3.8, 4) is 0 Å². The van der Waals surface area contributed by atoms with E-state index in [1.807, 2.05) is 49.7 Å². The summed E-state index contributed by atoms with van der Waals surface area (Å²) < 4.78 is 7.63. The fraction of sp³-hybridized carbons (Fsp3) is 0.393. The lowest BCUT2D eigenvalue weighted by Crippen LogP contribution is -2.48. The molecule has 1 atom stereocenters. The zero-order valence-electron chi connectivity index (χ0n) is 22.6. The molecule has 0 bridgehead atoms. The van der Waals surface area contributed by atoms with Crippen LogP contribution in [0.5, 0.6) is 0 Å². The maximum atomic E-state index is 12.8. The van der Waals surface area contributed by atoms with Crippen molar-refractivity contribution in [1.82, 2.24) is 29.7 Å². The lowest BCUT2D eigenvalue weighted by molar-refractivity contribution is 0.0425. The van der Waals surface area contributed by atoms with E-state index in [2.05, 4.69) is 31.2 Å². The van der Waals surface area contributed by atoms with Gasteiger partial charge in [-0.3, -0.25) is 9.38 Å². The fourth-order valence-corrected chi connectivity index (χ4v) is 6.86. The van der Waals surface area contributed by atoms with Gasteiger partial charge in [-0.2, -0.15) is 0 Å². The van der Waals surface area contributed by atoms with Crippen molar-refractivity contribution in [3.63, 3.8) is 0 Å². The maximum absolute atomic E-state index is 12.8. The van der Waals surface area contributed by atoms with E-state index in [-0.39, 0.29) is 11.5 Å². The largest absolute Gasteiger partial charge is 0.444 e. The molecule has 208 valence electrons. The predicted octanol–water partition coefficient (Wildman–Crippen LogP) is 5.31. The summed E-state index contributed by atoms with van der Waals surface area (Å²) in [6.07, 6.45) is 11.2. The SMILES string of the molecule is CC(C)(C)OC(=O)N[C@@H]1c2ncccc2CC12CCN(c1ncc(Sc3ccnc(N)c3Cl)c3nccn13)CC2. The molecule has 12 heteroatoms. The lowest BCUT2D eigenvalue weighted by atomic mass is 9.73. The number of carbonyl (C=O) groups excluding carboxylic acids is 1. The van der Waals surface area contributed by atoms with Gasteiger partial charge < -0.3 is 20.7 Å². The first kappa shape index (κ1) is 26.6. The summed E-state index contributed by atoms with van der Waals surface area (Å²) in [6.45, 7) is 7.17. The quantitative estimate of drug-likeness (QED) is 0.331. The number of hydrogen-bond donors (Lipinski definition) is 2. The summed E-state index contributed by atoms with van der Waals surface area (Å²) in [4.78, 5) is 35.0. The molecule has 1 fully saturated rings. The topological polar surface area (TPSA) is 124 Å². The van der Waals surface area contributed by atoms with Crippen molar-refractivity contribution in [1.29, 1.82) is 0 Å². The number of alkyl carbamates (subject to hydrolysis) is 1. The Hall–Kier alpha value is -3.57. The molecule has 0 aromatic carbocycles. The van der Waals surface area contributed by atoms with Crippen molar-refractivity contribution in [2.75, 3.05) is 23.7 Å². The van der Waals surface area contributed by atoms with Crippen LogP contribution >= 0.6 is 23.4 Å². The summed E-state index contributed by atoms with van der Waals surface area (Å²) in [5, 5.41) is 3.59. The average Bonchev–Trinajstić information content (AvgIpc) is 3.51. The van der Waals surface area contributed by atoms with Crippen LogP contribution in [0.2, 0.25) is 5.02 Å². The number of imidazole rings is 1. The van der Waals surface area contributed by atoms with Gasteiger partial charge in [-0.1, -0.05) is 29.4 Å². The molecule has 0 unspecified atom stereocenters. The summed E-state index contributed by atoms with van der Waals surface area (Å²) in [5.41, 5.74) is 8.09. The third-order valence-electron chi connectivity index (χ3n) is 7.53. The highest BCUT2D eigenvalue weighted by Crippen LogP contribution is 2.51. The Labute approximate surface area is 241 Å². The van der Waals surface area contributed by atoms with Gasteiger partial charge in [0.1, 0.15) is 11.4 Å². The van der Waals surface area contributed by atoms with Gasteiger partial charge in [0.05, 0.1) is 21.7 Å². The van der Waals surface area contributed by atoms with Crippen LogP contribution in [-0.4, -0.2) is 49.1 Å². The van der Waals surface area contributed by atoms with Crippen LogP contribution in [0.4, 0.5) is 16.6 Å². The van der Waals surface area contributed by atoms with Crippen LogP contribution in [0.25, 0.3) is 5.65 Å². The zero-order chi connectivity index (χ0) is 28.1. The van der Waals surface area contributed by atoms with Gasteiger partial charge in [0.2, 0.25) is 5.95 Å². The van der Waals surface area contributed by atoms with E-state index in [0.717, 1.165) is 59.4 Å². The van der Waals surface area contributed by atoms with Crippen molar-refractivity contribution in [3.05, 3.63) is 65.5 Å². The van der Waals surface area contributed by atoms with Gasteiger partial charge in [0, 0.05) is 54.4 Å². The molecule has 0 radical (unpaired) electrons. The van der Waals surface area contributed by atoms with Gasteiger partial charge >= 0.3 is 6.09 Å². The molecule has 4 aromatic heterocycles. The number of amides is 1. The van der Waals surface area contributed by atoms with Crippen LogP contribution in [-0.2, 0) is 11.2 Å². The Morgan fingerprint density at radius 3 is 2.70 bits per heavy atom. The molecular weight excluding hydrogens is 548 g/mol. The highest BCUT2D eigenvalue weighted by atomic mass is 35.5.